The molecule has 0 aliphatic carbocycles. The number of hydrogen-bond donors (Lipinski definition) is 2. The molecule has 1 fully saturated rings. The minimum absolute atomic E-state index is 0.0211. The first-order chi connectivity index (χ1) is 22.9. The van der Waals surface area contributed by atoms with Crippen LogP contribution in [0.3, 0.4) is 0 Å². The molecule has 2 aromatic carbocycles. The van der Waals surface area contributed by atoms with Gasteiger partial charge in [0.05, 0.1) is 13.0 Å². The standard InChI is InChI=1S/C35H37N3O8S2/c1-21(39)44-19-24-20-47-32-28(37-27(40)17-25-15-16-26(48-25)18-36-34(43)46-35(2,3)4)31(41)38(32)29(24)33(42)45-30(22-11-7-5-8-12-22)23-13-9-6-10-14-23/h5-16,28,30,32H,17-20H2,1-4H3,(H,36,43)(H,37,40)/t28-,32+/m1/s1. The zero-order valence-electron chi connectivity index (χ0n) is 27.0. The molecule has 2 aliphatic heterocycles. The van der Waals surface area contributed by atoms with E-state index in [1.165, 1.54) is 34.9 Å². The molecule has 5 rings (SSSR count). The van der Waals surface area contributed by atoms with E-state index in [0.717, 1.165) is 20.9 Å². The predicted molar refractivity (Wildman–Crippen MR) is 181 cm³/mol. The number of esters is 2. The monoisotopic (exact) mass is 691 g/mol. The molecule has 1 aromatic heterocycles. The maximum Gasteiger partial charge on any atom is 0.407 e. The molecule has 13 heteroatoms. The van der Waals surface area contributed by atoms with Crippen molar-refractivity contribution >= 4 is 52.9 Å². The minimum Gasteiger partial charge on any atom is -0.461 e. The van der Waals surface area contributed by atoms with Gasteiger partial charge < -0.3 is 24.8 Å². The van der Waals surface area contributed by atoms with Gasteiger partial charge in [0.2, 0.25) is 5.91 Å². The Morgan fingerprint density at radius 1 is 0.938 bits per heavy atom. The molecule has 1 saturated heterocycles. The number of fused-ring (bicyclic) bond motifs is 1. The number of hydrogen-bond acceptors (Lipinski definition) is 10. The third kappa shape index (κ3) is 8.64. The molecule has 0 saturated carbocycles. The normalized spacial score (nSPS) is 17.3. The Morgan fingerprint density at radius 3 is 2.17 bits per heavy atom. The SMILES string of the molecule is CC(=O)OCC1=C(C(=O)OC(c2ccccc2)c2ccccc2)N2C(=O)[C@@H](NC(=O)Cc3ccc(CNC(=O)OC(C)(C)C)s3)[C@@H]2SC1. The van der Waals surface area contributed by atoms with Crippen LogP contribution >= 0.6 is 23.1 Å². The summed E-state index contributed by atoms with van der Waals surface area (Å²) in [5, 5.41) is 4.97. The molecule has 2 N–H and O–H groups in total. The first-order valence-electron chi connectivity index (χ1n) is 15.3. The second-order valence-electron chi connectivity index (χ2n) is 12.2. The Labute approximate surface area is 287 Å². The van der Waals surface area contributed by atoms with E-state index in [4.69, 9.17) is 14.2 Å². The van der Waals surface area contributed by atoms with Gasteiger partial charge in [0.1, 0.15) is 29.3 Å². The first kappa shape index (κ1) is 34.7. The van der Waals surface area contributed by atoms with E-state index in [0.29, 0.717) is 11.3 Å². The summed E-state index contributed by atoms with van der Waals surface area (Å²) in [4.78, 5) is 67.1. The number of alkyl carbamates (subject to hydrolysis) is 1. The first-order valence-corrected chi connectivity index (χ1v) is 17.2. The number of benzene rings is 2. The number of carbonyl (C=O) groups is 5. The largest absolute Gasteiger partial charge is 0.461 e. The minimum atomic E-state index is -0.854. The van der Waals surface area contributed by atoms with E-state index in [1.54, 1.807) is 26.8 Å². The molecule has 11 nitrogen and oxygen atoms in total. The van der Waals surface area contributed by atoms with Crippen LogP contribution in [0, 0.1) is 0 Å². The molecule has 0 unspecified atom stereocenters. The highest BCUT2D eigenvalue weighted by Gasteiger charge is 2.54. The number of nitrogens with zero attached hydrogens (tertiary/aromatic N) is 1. The predicted octanol–water partition coefficient (Wildman–Crippen LogP) is 4.87. The number of amides is 3. The summed E-state index contributed by atoms with van der Waals surface area (Å²) in [6.45, 7) is 6.70. The summed E-state index contributed by atoms with van der Waals surface area (Å²) in [6, 6.07) is 21.3. The highest BCUT2D eigenvalue weighted by molar-refractivity contribution is 8.00. The van der Waals surface area contributed by atoms with Crippen molar-refractivity contribution in [2.45, 2.75) is 63.8 Å². The Kier molecular flexibility index (Phi) is 10.9. The van der Waals surface area contributed by atoms with Crippen molar-refractivity contribution in [3.63, 3.8) is 0 Å². The summed E-state index contributed by atoms with van der Waals surface area (Å²) in [7, 11) is 0. The van der Waals surface area contributed by atoms with Crippen LogP contribution in [0.2, 0.25) is 0 Å². The quantitative estimate of drug-likeness (QED) is 0.164. The highest BCUT2D eigenvalue weighted by atomic mass is 32.2. The molecular formula is C35H37N3O8S2. The van der Waals surface area contributed by atoms with Crippen LogP contribution in [0.25, 0.3) is 0 Å². The molecule has 3 amide bonds. The Hall–Kier alpha value is -4.62. The number of nitrogens with one attached hydrogen (secondary N) is 2. The fourth-order valence-electron chi connectivity index (χ4n) is 5.19. The van der Waals surface area contributed by atoms with Crippen LogP contribution in [0.1, 0.15) is 54.7 Å². The van der Waals surface area contributed by atoms with E-state index in [1.807, 2.05) is 66.7 Å². The second-order valence-corrected chi connectivity index (χ2v) is 14.6. The van der Waals surface area contributed by atoms with E-state index >= 15 is 0 Å². The van der Waals surface area contributed by atoms with Crippen LogP contribution in [0.4, 0.5) is 4.79 Å². The number of carbonyl (C=O) groups excluding carboxylic acids is 5. The van der Waals surface area contributed by atoms with E-state index in [-0.39, 0.29) is 31.2 Å². The maximum atomic E-state index is 13.9. The van der Waals surface area contributed by atoms with Gasteiger partial charge in [-0.25, -0.2) is 9.59 Å². The van der Waals surface area contributed by atoms with Crippen LogP contribution < -0.4 is 10.6 Å². The molecule has 3 aromatic rings. The molecule has 0 spiro atoms. The van der Waals surface area contributed by atoms with Crippen LogP contribution in [0.5, 0.6) is 0 Å². The van der Waals surface area contributed by atoms with Crippen molar-refractivity contribution in [3.8, 4) is 0 Å². The average molecular weight is 692 g/mol. The molecule has 2 atom stereocenters. The zero-order valence-corrected chi connectivity index (χ0v) is 28.7. The highest BCUT2D eigenvalue weighted by Crippen LogP contribution is 2.41. The summed E-state index contributed by atoms with van der Waals surface area (Å²) in [5.41, 5.74) is 1.35. The third-order valence-corrected chi connectivity index (χ3v) is 9.72. The van der Waals surface area contributed by atoms with Crippen molar-refractivity contribution in [2.75, 3.05) is 12.4 Å². The lowest BCUT2D eigenvalue weighted by Gasteiger charge is -2.49. The third-order valence-electron chi connectivity index (χ3n) is 7.29. The number of rotatable bonds is 11. The smallest absolute Gasteiger partial charge is 0.407 e. The molecule has 0 bridgehead atoms. The topological polar surface area (TPSA) is 140 Å². The number of ether oxygens (including phenoxy) is 3. The lowest BCUT2D eigenvalue weighted by Crippen LogP contribution is -2.70. The fourth-order valence-corrected chi connectivity index (χ4v) is 7.47. The number of thiophene rings is 1. The van der Waals surface area contributed by atoms with Crippen molar-refractivity contribution in [1.29, 1.82) is 0 Å². The van der Waals surface area contributed by atoms with Gasteiger partial charge in [-0.2, -0.15) is 0 Å². The molecule has 0 radical (unpaired) electrons. The molecular weight excluding hydrogens is 655 g/mol. The Morgan fingerprint density at radius 2 is 1.56 bits per heavy atom. The van der Waals surface area contributed by atoms with Gasteiger partial charge in [-0.3, -0.25) is 19.3 Å². The molecule has 48 heavy (non-hydrogen) atoms. The van der Waals surface area contributed by atoms with E-state index < -0.39 is 47.1 Å². The van der Waals surface area contributed by atoms with Gasteiger partial charge >= 0.3 is 18.0 Å². The lowest BCUT2D eigenvalue weighted by atomic mass is 10.0. The summed E-state index contributed by atoms with van der Waals surface area (Å²) in [6.07, 6.45) is -1.24. The summed E-state index contributed by atoms with van der Waals surface area (Å²) < 4.78 is 16.6. The Bertz CT molecular complexity index is 1660. The molecule has 252 valence electrons. The number of thioether (sulfide) groups is 1. The van der Waals surface area contributed by atoms with Gasteiger partial charge in [-0.1, -0.05) is 60.7 Å². The average Bonchev–Trinajstić information content (AvgIpc) is 3.50. The maximum absolute atomic E-state index is 13.9. The fraction of sp³-hybridized carbons (Fsp3) is 0.343. The zero-order chi connectivity index (χ0) is 34.4. The molecule has 2 aliphatic rings. The number of β-lactam (4-membered cyclic amide) rings is 1. The summed E-state index contributed by atoms with van der Waals surface area (Å²) in [5.74, 6) is -1.78. The van der Waals surface area contributed by atoms with Gasteiger partial charge in [-0.05, 0) is 44.0 Å². The van der Waals surface area contributed by atoms with E-state index in [2.05, 4.69) is 10.6 Å². The lowest BCUT2D eigenvalue weighted by molar-refractivity contribution is -0.155. The second kappa shape index (κ2) is 15.1. The Balaban J connectivity index is 1.27. The van der Waals surface area contributed by atoms with Crippen LogP contribution in [-0.4, -0.2) is 64.1 Å². The van der Waals surface area contributed by atoms with Crippen LogP contribution in [-0.2, 0) is 46.4 Å². The van der Waals surface area contributed by atoms with Crippen molar-refractivity contribution < 1.29 is 38.2 Å². The molecule has 3 heterocycles. The van der Waals surface area contributed by atoms with Gasteiger partial charge in [0.25, 0.3) is 5.91 Å². The summed E-state index contributed by atoms with van der Waals surface area (Å²) >= 11 is 2.74. The van der Waals surface area contributed by atoms with Gasteiger partial charge in [-0.15, -0.1) is 23.1 Å². The van der Waals surface area contributed by atoms with E-state index in [9.17, 15) is 24.0 Å². The van der Waals surface area contributed by atoms with Crippen molar-refractivity contribution in [2.24, 2.45) is 0 Å². The van der Waals surface area contributed by atoms with Crippen molar-refractivity contribution in [1.82, 2.24) is 15.5 Å². The van der Waals surface area contributed by atoms with Gasteiger partial charge in [0, 0.05) is 28.0 Å². The van der Waals surface area contributed by atoms with Crippen LogP contribution in [0.15, 0.2) is 84.1 Å². The van der Waals surface area contributed by atoms with Crippen molar-refractivity contribution in [3.05, 3.63) is 105 Å². The van der Waals surface area contributed by atoms with Gasteiger partial charge in [0.15, 0.2) is 6.10 Å².